The summed E-state index contributed by atoms with van der Waals surface area (Å²) in [7, 11) is -2.38. The molecule has 0 radical (unpaired) electrons. The normalized spacial score (nSPS) is 12.2. The van der Waals surface area contributed by atoms with Gasteiger partial charge in [0, 0.05) is 18.3 Å². The molecule has 2 heterocycles. The van der Waals surface area contributed by atoms with E-state index >= 15 is 0 Å². The fraction of sp³-hybridized carbons (Fsp3) is 0.200. The maximum Gasteiger partial charge on any atom is 0.451 e. The molecule has 13 heteroatoms. The fourth-order valence-corrected chi connectivity index (χ4v) is 2.87. The van der Waals surface area contributed by atoms with Crippen molar-refractivity contribution in [2.75, 3.05) is 18.6 Å². The summed E-state index contributed by atoms with van der Waals surface area (Å²) in [5.74, 6) is -2.34. The van der Waals surface area contributed by atoms with Gasteiger partial charge in [0.2, 0.25) is 15.8 Å². The number of hydrogen-bond donors (Lipinski definition) is 2. The minimum Gasteiger partial charge on any atom is -0.371 e. The van der Waals surface area contributed by atoms with E-state index in [1.165, 1.54) is 42.2 Å². The van der Waals surface area contributed by atoms with Crippen molar-refractivity contribution in [1.29, 1.82) is 0 Å². The summed E-state index contributed by atoms with van der Waals surface area (Å²) in [6, 6.07) is 5.62. The lowest BCUT2D eigenvalue weighted by atomic mass is 10.2. The number of nitrogens with zero attached hydrogens (tertiary/aromatic N) is 4. The van der Waals surface area contributed by atoms with Crippen LogP contribution in [0.25, 0.3) is 16.9 Å². The van der Waals surface area contributed by atoms with Crippen molar-refractivity contribution in [3.63, 3.8) is 0 Å². The molecule has 3 rings (SSSR count). The number of aromatic nitrogens is 4. The molecule has 28 heavy (non-hydrogen) atoms. The Labute approximate surface area is 156 Å². The van der Waals surface area contributed by atoms with Crippen molar-refractivity contribution in [1.82, 2.24) is 24.2 Å². The van der Waals surface area contributed by atoms with Gasteiger partial charge in [-0.05, 0) is 18.2 Å². The molecule has 0 atom stereocenters. The van der Waals surface area contributed by atoms with Gasteiger partial charge in [0.15, 0.2) is 17.0 Å². The lowest BCUT2D eigenvalue weighted by molar-refractivity contribution is -0.144. The summed E-state index contributed by atoms with van der Waals surface area (Å²) in [6.45, 7) is 0. The molecular formula is C15H13F3N6O3S. The molecule has 0 saturated carbocycles. The Bertz CT molecular complexity index is 1170. The summed E-state index contributed by atoms with van der Waals surface area (Å²) in [6.07, 6.45) is -2.72. The fourth-order valence-electron chi connectivity index (χ4n) is 2.41. The molecule has 148 valence electrons. The number of anilines is 1. The van der Waals surface area contributed by atoms with E-state index in [9.17, 15) is 26.4 Å². The van der Waals surface area contributed by atoms with E-state index in [4.69, 9.17) is 0 Å². The number of rotatable bonds is 4. The predicted octanol–water partition coefficient (Wildman–Crippen LogP) is 1.57. The van der Waals surface area contributed by atoms with Crippen LogP contribution in [-0.2, 0) is 16.2 Å². The average molecular weight is 414 g/mol. The third-order valence-corrected chi connectivity index (χ3v) is 4.11. The van der Waals surface area contributed by atoms with Gasteiger partial charge in [0.05, 0.1) is 6.26 Å². The van der Waals surface area contributed by atoms with E-state index < -0.39 is 27.9 Å². The molecule has 1 aromatic carbocycles. The van der Waals surface area contributed by atoms with Crippen LogP contribution in [0.3, 0.4) is 0 Å². The van der Waals surface area contributed by atoms with Crippen LogP contribution < -0.4 is 10.0 Å². The number of fused-ring (bicyclic) bond motifs is 1. The Morgan fingerprint density at radius 3 is 2.54 bits per heavy atom. The van der Waals surface area contributed by atoms with E-state index in [2.05, 4.69) is 20.3 Å². The quantitative estimate of drug-likeness (QED) is 0.665. The third-order valence-electron chi connectivity index (χ3n) is 3.55. The number of carbonyl (C=O) groups is 1. The number of sulfonamides is 1. The number of halogens is 3. The number of nitrogens with one attached hydrogen (secondary N) is 2. The van der Waals surface area contributed by atoms with Crippen LogP contribution in [0.1, 0.15) is 16.2 Å². The summed E-state index contributed by atoms with van der Waals surface area (Å²) in [5, 5.41) is 2.54. The number of amides is 1. The number of hydrogen-bond acceptors (Lipinski definition) is 7. The second kappa shape index (κ2) is 6.74. The average Bonchev–Trinajstić information content (AvgIpc) is 3.03. The second-order valence-corrected chi connectivity index (χ2v) is 7.43. The topological polar surface area (TPSA) is 119 Å². The van der Waals surface area contributed by atoms with Gasteiger partial charge in [-0.2, -0.15) is 13.2 Å². The summed E-state index contributed by atoms with van der Waals surface area (Å²) in [4.78, 5) is 23.0. The molecule has 0 fully saturated rings. The highest BCUT2D eigenvalue weighted by Gasteiger charge is 2.36. The van der Waals surface area contributed by atoms with Crippen LogP contribution in [-0.4, -0.2) is 47.1 Å². The summed E-state index contributed by atoms with van der Waals surface area (Å²) >= 11 is 0. The first-order valence-electron chi connectivity index (χ1n) is 7.62. The number of imidazole rings is 1. The van der Waals surface area contributed by atoms with Crippen LogP contribution in [0, 0.1) is 0 Å². The monoisotopic (exact) mass is 414 g/mol. The van der Waals surface area contributed by atoms with Gasteiger partial charge in [-0.25, -0.2) is 28.1 Å². The van der Waals surface area contributed by atoms with Crippen LogP contribution in [0.15, 0.2) is 30.6 Å². The molecule has 0 aliphatic heterocycles. The van der Waals surface area contributed by atoms with E-state index in [-0.39, 0.29) is 28.2 Å². The molecule has 0 spiro atoms. The molecule has 2 aromatic heterocycles. The SMILES string of the molecule is CNc1nc(C(F)(F)F)nc2c1ncn2-c1cccc(C(=O)NS(C)(=O)=O)c1. The van der Waals surface area contributed by atoms with E-state index in [1.54, 1.807) is 0 Å². The second-order valence-electron chi connectivity index (χ2n) is 5.68. The van der Waals surface area contributed by atoms with E-state index in [1.807, 2.05) is 4.72 Å². The van der Waals surface area contributed by atoms with Gasteiger partial charge >= 0.3 is 6.18 Å². The van der Waals surface area contributed by atoms with Crippen molar-refractivity contribution in [2.45, 2.75) is 6.18 Å². The minimum absolute atomic E-state index is 0.0104. The predicted molar refractivity (Wildman–Crippen MR) is 93.5 cm³/mol. The van der Waals surface area contributed by atoms with Crippen LogP contribution in [0.4, 0.5) is 19.0 Å². The number of alkyl halides is 3. The highest BCUT2D eigenvalue weighted by molar-refractivity contribution is 7.89. The van der Waals surface area contributed by atoms with Crippen molar-refractivity contribution >= 4 is 32.9 Å². The maximum absolute atomic E-state index is 13.1. The number of carbonyl (C=O) groups excluding carboxylic acids is 1. The first-order chi connectivity index (χ1) is 13.0. The first kappa shape index (κ1) is 19.5. The summed E-state index contributed by atoms with van der Waals surface area (Å²) < 4.78 is 64.8. The minimum atomic E-state index is -4.77. The van der Waals surface area contributed by atoms with Crippen LogP contribution in [0.2, 0.25) is 0 Å². The molecule has 2 N–H and O–H groups in total. The molecule has 0 aliphatic rings. The lowest BCUT2D eigenvalue weighted by Gasteiger charge is -2.10. The van der Waals surface area contributed by atoms with Crippen molar-refractivity contribution < 1.29 is 26.4 Å². The Morgan fingerprint density at radius 1 is 1.21 bits per heavy atom. The van der Waals surface area contributed by atoms with Crippen molar-refractivity contribution in [2.24, 2.45) is 0 Å². The maximum atomic E-state index is 13.1. The van der Waals surface area contributed by atoms with Gasteiger partial charge in [-0.1, -0.05) is 6.07 Å². The zero-order valence-electron chi connectivity index (χ0n) is 14.4. The van der Waals surface area contributed by atoms with Gasteiger partial charge in [-0.15, -0.1) is 0 Å². The Kier molecular flexibility index (Phi) is 4.71. The molecule has 0 unspecified atom stereocenters. The van der Waals surface area contributed by atoms with E-state index in [0.717, 1.165) is 6.26 Å². The molecule has 9 nitrogen and oxygen atoms in total. The molecule has 3 aromatic rings. The van der Waals surface area contributed by atoms with Crippen LogP contribution in [0.5, 0.6) is 0 Å². The van der Waals surface area contributed by atoms with Gasteiger partial charge < -0.3 is 5.32 Å². The standard InChI is InChI=1S/C15H13F3N6O3S/c1-19-11-10-12(22-14(21-11)15(16,17)18)24(7-20-10)9-5-3-4-8(6-9)13(25)23-28(2,26)27/h3-7H,1-2H3,(H,23,25)(H,19,21,22). The van der Waals surface area contributed by atoms with Crippen molar-refractivity contribution in [3.05, 3.63) is 42.0 Å². The lowest BCUT2D eigenvalue weighted by Crippen LogP contribution is -2.29. The largest absolute Gasteiger partial charge is 0.451 e. The highest BCUT2D eigenvalue weighted by Crippen LogP contribution is 2.30. The molecular weight excluding hydrogens is 401 g/mol. The molecule has 0 bridgehead atoms. The smallest absolute Gasteiger partial charge is 0.371 e. The zero-order chi connectivity index (χ0) is 20.7. The summed E-state index contributed by atoms with van der Waals surface area (Å²) in [5.41, 5.74) is 0.218. The van der Waals surface area contributed by atoms with Crippen molar-refractivity contribution in [3.8, 4) is 5.69 Å². The molecule has 0 aliphatic carbocycles. The zero-order valence-corrected chi connectivity index (χ0v) is 15.3. The van der Waals surface area contributed by atoms with Gasteiger partial charge in [-0.3, -0.25) is 9.36 Å². The van der Waals surface area contributed by atoms with Gasteiger partial charge in [0.25, 0.3) is 5.91 Å². The Morgan fingerprint density at radius 2 is 1.93 bits per heavy atom. The van der Waals surface area contributed by atoms with E-state index in [0.29, 0.717) is 0 Å². The van der Waals surface area contributed by atoms with Gasteiger partial charge in [0.1, 0.15) is 6.33 Å². The Hall–Kier alpha value is -3.22. The highest BCUT2D eigenvalue weighted by atomic mass is 32.2. The van der Waals surface area contributed by atoms with Crippen LogP contribution >= 0.6 is 0 Å². The third kappa shape index (κ3) is 3.88. The Balaban J connectivity index is 2.14. The molecule has 0 saturated heterocycles. The first-order valence-corrected chi connectivity index (χ1v) is 9.51. The number of benzene rings is 1. The molecule has 1 amide bonds.